The number of aromatic nitrogens is 1. The van der Waals surface area contributed by atoms with E-state index in [2.05, 4.69) is 48.3 Å². The Morgan fingerprint density at radius 1 is 1.52 bits per heavy atom. The summed E-state index contributed by atoms with van der Waals surface area (Å²) in [5.74, 6) is 0.556. The molecule has 1 unspecified atom stereocenters. The van der Waals surface area contributed by atoms with Gasteiger partial charge in [0.05, 0.1) is 17.2 Å². The van der Waals surface area contributed by atoms with Gasteiger partial charge in [-0.05, 0) is 25.9 Å². The van der Waals surface area contributed by atoms with Crippen molar-refractivity contribution in [3.05, 3.63) is 16.1 Å². The number of hydrogen-bond acceptors (Lipinski definition) is 4. The number of guanidine groups is 1. The summed E-state index contributed by atoms with van der Waals surface area (Å²) in [4.78, 5) is 11.7. The molecule has 1 aliphatic rings. The first-order valence-corrected chi connectivity index (χ1v) is 9.51. The van der Waals surface area contributed by atoms with Gasteiger partial charge < -0.3 is 11.1 Å². The minimum Gasteiger partial charge on any atom is -0.370 e. The van der Waals surface area contributed by atoms with Crippen molar-refractivity contribution < 1.29 is 0 Å². The maximum Gasteiger partial charge on any atom is 0.188 e. The van der Waals surface area contributed by atoms with Gasteiger partial charge in [0.1, 0.15) is 0 Å². The number of likely N-dealkylation sites (tertiary alicyclic amines) is 1. The van der Waals surface area contributed by atoms with Gasteiger partial charge in [-0.15, -0.1) is 11.3 Å². The topological polar surface area (TPSA) is 66.5 Å². The quantitative estimate of drug-likeness (QED) is 0.618. The summed E-state index contributed by atoms with van der Waals surface area (Å²) in [7, 11) is 0. The largest absolute Gasteiger partial charge is 0.370 e. The van der Waals surface area contributed by atoms with Crippen LogP contribution in [-0.2, 0) is 11.8 Å². The molecule has 0 amide bonds. The summed E-state index contributed by atoms with van der Waals surface area (Å²) in [6, 6.07) is 0.564. The van der Waals surface area contributed by atoms with E-state index < -0.39 is 0 Å². The van der Waals surface area contributed by atoms with E-state index in [4.69, 9.17) is 10.7 Å². The SMILES string of the molecule is CCN1CCCC1CN=C(N)NCCc1nc(C(C)(C)C)cs1. The van der Waals surface area contributed by atoms with Crippen molar-refractivity contribution >= 4 is 17.3 Å². The van der Waals surface area contributed by atoms with Gasteiger partial charge in [0.25, 0.3) is 0 Å². The molecule has 2 rings (SSSR count). The van der Waals surface area contributed by atoms with Crippen LogP contribution in [0.25, 0.3) is 0 Å². The minimum atomic E-state index is 0.120. The number of nitrogens with two attached hydrogens (primary N) is 1. The third-order valence-electron chi connectivity index (χ3n) is 4.34. The lowest BCUT2D eigenvalue weighted by Gasteiger charge is -2.20. The van der Waals surface area contributed by atoms with Crippen LogP contribution in [0.1, 0.15) is 51.2 Å². The Hall–Kier alpha value is -1.14. The molecule has 0 spiro atoms. The predicted octanol–water partition coefficient (Wildman–Crippen LogP) is 2.37. The van der Waals surface area contributed by atoms with Crippen LogP contribution in [0.4, 0.5) is 0 Å². The Kier molecular flexibility index (Phi) is 6.41. The van der Waals surface area contributed by atoms with E-state index in [0.29, 0.717) is 12.0 Å². The molecule has 3 N–H and O–H groups in total. The van der Waals surface area contributed by atoms with Crippen molar-refractivity contribution in [2.75, 3.05) is 26.2 Å². The maximum absolute atomic E-state index is 5.98. The summed E-state index contributed by atoms with van der Waals surface area (Å²) >= 11 is 1.73. The molecule has 1 aromatic heterocycles. The Balaban J connectivity index is 1.73. The number of hydrogen-bond donors (Lipinski definition) is 2. The van der Waals surface area contributed by atoms with Gasteiger partial charge in [-0.1, -0.05) is 27.7 Å². The van der Waals surface area contributed by atoms with E-state index >= 15 is 0 Å². The van der Waals surface area contributed by atoms with Gasteiger partial charge >= 0.3 is 0 Å². The van der Waals surface area contributed by atoms with E-state index in [-0.39, 0.29) is 5.41 Å². The molecular weight excluding hydrogens is 306 g/mol. The molecule has 6 heteroatoms. The molecule has 0 radical (unpaired) electrons. The first-order valence-electron chi connectivity index (χ1n) is 8.63. The summed E-state index contributed by atoms with van der Waals surface area (Å²) in [5.41, 5.74) is 7.27. The van der Waals surface area contributed by atoms with Crippen LogP contribution in [-0.4, -0.2) is 48.1 Å². The highest BCUT2D eigenvalue weighted by Crippen LogP contribution is 2.23. The van der Waals surface area contributed by atoms with Crippen LogP contribution in [0.2, 0.25) is 0 Å². The molecule has 130 valence electrons. The van der Waals surface area contributed by atoms with E-state index in [9.17, 15) is 0 Å². The molecular formula is C17H31N5S. The van der Waals surface area contributed by atoms with Gasteiger partial charge in [-0.25, -0.2) is 4.98 Å². The summed E-state index contributed by atoms with van der Waals surface area (Å²) < 4.78 is 0. The van der Waals surface area contributed by atoms with Crippen LogP contribution in [0.5, 0.6) is 0 Å². The first kappa shape index (κ1) is 18.2. The molecule has 2 heterocycles. The Labute approximate surface area is 144 Å². The fourth-order valence-corrected chi connectivity index (χ4v) is 3.87. The molecule has 1 aliphatic heterocycles. The van der Waals surface area contributed by atoms with E-state index in [0.717, 1.165) is 31.1 Å². The smallest absolute Gasteiger partial charge is 0.188 e. The highest BCUT2D eigenvalue weighted by atomic mass is 32.1. The average Bonchev–Trinajstić information content (AvgIpc) is 3.13. The van der Waals surface area contributed by atoms with E-state index in [1.165, 1.54) is 25.1 Å². The highest BCUT2D eigenvalue weighted by molar-refractivity contribution is 7.09. The number of likely N-dealkylation sites (N-methyl/N-ethyl adjacent to an activating group) is 1. The average molecular weight is 338 g/mol. The zero-order valence-corrected chi connectivity index (χ0v) is 15.7. The minimum absolute atomic E-state index is 0.120. The van der Waals surface area contributed by atoms with Crippen molar-refractivity contribution in [1.82, 2.24) is 15.2 Å². The maximum atomic E-state index is 5.98. The van der Waals surface area contributed by atoms with Crippen molar-refractivity contribution in [3.63, 3.8) is 0 Å². The van der Waals surface area contributed by atoms with Gasteiger partial charge in [0.15, 0.2) is 5.96 Å². The van der Waals surface area contributed by atoms with Gasteiger partial charge in [0.2, 0.25) is 0 Å². The fourth-order valence-electron chi connectivity index (χ4n) is 2.85. The number of rotatable bonds is 6. The first-order chi connectivity index (χ1) is 10.9. The Morgan fingerprint density at radius 3 is 2.96 bits per heavy atom. The lowest BCUT2D eigenvalue weighted by Crippen LogP contribution is -2.36. The van der Waals surface area contributed by atoms with Crippen LogP contribution < -0.4 is 11.1 Å². The lowest BCUT2D eigenvalue weighted by molar-refractivity contribution is 0.273. The number of aliphatic imine (C=N–C) groups is 1. The van der Waals surface area contributed by atoms with Crippen molar-refractivity contribution in [1.29, 1.82) is 0 Å². The predicted molar refractivity (Wildman–Crippen MR) is 99.3 cm³/mol. The zero-order chi connectivity index (χ0) is 16.9. The third kappa shape index (κ3) is 5.46. The third-order valence-corrected chi connectivity index (χ3v) is 5.25. The van der Waals surface area contributed by atoms with Gasteiger partial charge in [-0.3, -0.25) is 9.89 Å². The van der Waals surface area contributed by atoms with E-state index in [1.54, 1.807) is 11.3 Å². The van der Waals surface area contributed by atoms with Crippen LogP contribution in [0.3, 0.4) is 0 Å². The molecule has 0 bridgehead atoms. The van der Waals surface area contributed by atoms with E-state index in [1.807, 2.05) is 0 Å². The standard InChI is InChI=1S/C17H31N5S/c1-5-22-10-6-7-13(22)11-20-16(18)19-9-8-15-21-14(12-23-15)17(2,3)4/h12-13H,5-11H2,1-4H3,(H3,18,19,20). The second kappa shape index (κ2) is 8.11. The normalized spacial score (nSPS) is 20.2. The molecule has 1 saturated heterocycles. The number of thiazole rings is 1. The van der Waals surface area contributed by atoms with Crippen molar-refractivity contribution in [2.24, 2.45) is 10.7 Å². The summed E-state index contributed by atoms with van der Waals surface area (Å²) in [5, 5.41) is 6.53. The Morgan fingerprint density at radius 2 is 2.30 bits per heavy atom. The molecule has 0 aliphatic carbocycles. The molecule has 1 fully saturated rings. The van der Waals surface area contributed by atoms with Crippen molar-refractivity contribution in [2.45, 2.75) is 58.4 Å². The lowest BCUT2D eigenvalue weighted by atomic mass is 9.93. The summed E-state index contributed by atoms with van der Waals surface area (Å²) in [6.45, 7) is 12.7. The summed E-state index contributed by atoms with van der Waals surface area (Å²) in [6.07, 6.45) is 3.41. The molecule has 1 aromatic rings. The molecule has 1 atom stereocenters. The molecule has 0 saturated carbocycles. The van der Waals surface area contributed by atoms with Crippen LogP contribution in [0, 0.1) is 0 Å². The van der Waals surface area contributed by atoms with Gasteiger partial charge in [0, 0.05) is 29.8 Å². The molecule has 5 nitrogen and oxygen atoms in total. The zero-order valence-electron chi connectivity index (χ0n) is 14.9. The molecule has 0 aromatic carbocycles. The Bertz CT molecular complexity index is 517. The van der Waals surface area contributed by atoms with Crippen molar-refractivity contribution in [3.8, 4) is 0 Å². The van der Waals surface area contributed by atoms with Crippen LogP contribution >= 0.6 is 11.3 Å². The highest BCUT2D eigenvalue weighted by Gasteiger charge is 2.22. The second-order valence-corrected chi connectivity index (χ2v) is 8.15. The van der Waals surface area contributed by atoms with Gasteiger partial charge in [-0.2, -0.15) is 0 Å². The monoisotopic (exact) mass is 337 g/mol. The fraction of sp³-hybridized carbons (Fsp3) is 0.765. The van der Waals surface area contributed by atoms with Crippen LogP contribution in [0.15, 0.2) is 10.4 Å². The number of nitrogens with zero attached hydrogens (tertiary/aromatic N) is 3. The molecule has 23 heavy (non-hydrogen) atoms. The number of nitrogens with one attached hydrogen (secondary N) is 1. The second-order valence-electron chi connectivity index (χ2n) is 7.20.